The Balaban J connectivity index is 1.67. The second-order valence-electron chi connectivity index (χ2n) is 9.17. The van der Waals surface area contributed by atoms with E-state index in [0.717, 1.165) is 5.56 Å². The van der Waals surface area contributed by atoms with Gasteiger partial charge in [0.15, 0.2) is 0 Å². The number of carbonyl (C=O) groups excluding carboxylic acids is 3. The van der Waals surface area contributed by atoms with Crippen LogP contribution in [0.25, 0.3) is 11.3 Å². The molecule has 0 aliphatic carbocycles. The van der Waals surface area contributed by atoms with Crippen LogP contribution in [0.15, 0.2) is 66.7 Å². The minimum atomic E-state index is -1.12. The highest BCUT2D eigenvalue weighted by molar-refractivity contribution is 5.94. The summed E-state index contributed by atoms with van der Waals surface area (Å²) in [5.41, 5.74) is 2.12. The Labute approximate surface area is 238 Å². The molecule has 1 heterocycles. The van der Waals surface area contributed by atoms with E-state index in [-0.39, 0.29) is 36.7 Å². The molecule has 0 aliphatic rings. The van der Waals surface area contributed by atoms with Crippen molar-refractivity contribution in [2.45, 2.75) is 39.2 Å². The Morgan fingerprint density at radius 1 is 1.02 bits per heavy atom. The van der Waals surface area contributed by atoms with E-state index >= 15 is 0 Å². The fraction of sp³-hybridized carbons (Fsp3) is 0.300. The van der Waals surface area contributed by atoms with Crippen LogP contribution in [-0.2, 0) is 16.0 Å². The number of aromatic nitrogens is 1. The zero-order valence-electron chi connectivity index (χ0n) is 22.9. The van der Waals surface area contributed by atoms with Crippen molar-refractivity contribution in [1.82, 2.24) is 20.7 Å². The number of nitrogens with zero attached hydrogens (tertiary/aromatic N) is 2. The zero-order chi connectivity index (χ0) is 29.8. The van der Waals surface area contributed by atoms with Crippen molar-refractivity contribution in [3.8, 4) is 17.0 Å². The number of nitrogens with one attached hydrogen (secondary N) is 2. The van der Waals surface area contributed by atoms with Crippen LogP contribution >= 0.6 is 0 Å². The van der Waals surface area contributed by atoms with Crippen LogP contribution in [0, 0.1) is 5.92 Å². The number of rotatable bonds is 15. The Hall–Kier alpha value is -4.77. The first kappa shape index (κ1) is 30.8. The van der Waals surface area contributed by atoms with Gasteiger partial charge in [-0.2, -0.15) is 0 Å². The number of carboxylic acid groups (broad SMARTS) is 1. The van der Waals surface area contributed by atoms with Gasteiger partial charge < -0.3 is 20.5 Å². The van der Waals surface area contributed by atoms with Gasteiger partial charge in [-0.25, -0.2) is 14.8 Å². The fourth-order valence-corrected chi connectivity index (χ4v) is 4.49. The SMILES string of the molecule is CCOc1cc(-c2cccc(C(=O)NCNC(=O)C(CCc3ccccc3)C(CC)N(O)C=O)n2)ccc1C(=O)O. The number of pyridine rings is 1. The van der Waals surface area contributed by atoms with Gasteiger partial charge in [-0.15, -0.1) is 0 Å². The third-order valence-electron chi connectivity index (χ3n) is 6.56. The van der Waals surface area contributed by atoms with E-state index < -0.39 is 29.7 Å². The highest BCUT2D eigenvalue weighted by atomic mass is 16.5. The normalized spacial score (nSPS) is 12.1. The summed E-state index contributed by atoms with van der Waals surface area (Å²) in [6.07, 6.45) is 1.57. The van der Waals surface area contributed by atoms with Crippen molar-refractivity contribution in [2.24, 2.45) is 5.92 Å². The van der Waals surface area contributed by atoms with Gasteiger partial charge in [-0.3, -0.25) is 19.6 Å². The summed E-state index contributed by atoms with van der Waals surface area (Å²) in [5.74, 6) is -2.60. The molecule has 0 radical (unpaired) electrons. The maximum absolute atomic E-state index is 13.1. The van der Waals surface area contributed by atoms with E-state index in [2.05, 4.69) is 15.6 Å². The molecule has 3 aromatic rings. The Bertz CT molecular complexity index is 1350. The number of benzene rings is 2. The lowest BCUT2D eigenvalue weighted by Crippen LogP contribution is -2.47. The van der Waals surface area contributed by atoms with Crippen LogP contribution in [0.4, 0.5) is 0 Å². The Kier molecular flexibility index (Phi) is 11.4. The summed E-state index contributed by atoms with van der Waals surface area (Å²) < 4.78 is 5.46. The van der Waals surface area contributed by atoms with Gasteiger partial charge in [0.05, 0.1) is 30.9 Å². The van der Waals surface area contributed by atoms with E-state index in [9.17, 15) is 29.5 Å². The molecule has 2 atom stereocenters. The van der Waals surface area contributed by atoms with E-state index in [1.54, 1.807) is 38.1 Å². The van der Waals surface area contributed by atoms with Gasteiger partial charge in [-0.05, 0) is 56.0 Å². The molecule has 2 unspecified atom stereocenters. The quantitative estimate of drug-likeness (QED) is 0.0948. The number of hydrogen-bond acceptors (Lipinski definition) is 7. The summed E-state index contributed by atoms with van der Waals surface area (Å²) in [6, 6.07) is 18.2. The van der Waals surface area contributed by atoms with Gasteiger partial charge >= 0.3 is 5.97 Å². The first-order valence-corrected chi connectivity index (χ1v) is 13.3. The summed E-state index contributed by atoms with van der Waals surface area (Å²) in [5, 5.41) is 25.3. The first-order valence-electron chi connectivity index (χ1n) is 13.3. The summed E-state index contributed by atoms with van der Waals surface area (Å²) in [4.78, 5) is 53.0. The molecule has 0 bridgehead atoms. The molecule has 0 fully saturated rings. The fourth-order valence-electron chi connectivity index (χ4n) is 4.49. The number of ether oxygens (including phenoxy) is 1. The van der Waals surface area contributed by atoms with Crippen molar-refractivity contribution in [3.63, 3.8) is 0 Å². The molecule has 4 N–H and O–H groups in total. The van der Waals surface area contributed by atoms with Gasteiger partial charge in [0.1, 0.15) is 17.0 Å². The van der Waals surface area contributed by atoms with E-state index in [4.69, 9.17) is 4.74 Å². The standard InChI is InChI=1S/C30H34N4O7/c1-3-26(34(40)19-35)22(15-13-20-9-6-5-7-10-20)28(36)31-18-32-29(37)25-12-8-11-24(33-25)21-14-16-23(30(38)39)27(17-21)41-4-2/h5-12,14,16-17,19,22,26,40H,3-4,13,15,18H2,1-2H3,(H,31,36)(H,32,37)(H,38,39). The number of amides is 3. The van der Waals surface area contributed by atoms with E-state index in [1.165, 1.54) is 12.1 Å². The van der Waals surface area contributed by atoms with Crippen molar-refractivity contribution in [2.75, 3.05) is 13.3 Å². The van der Waals surface area contributed by atoms with Crippen molar-refractivity contribution in [3.05, 3.63) is 83.6 Å². The summed E-state index contributed by atoms with van der Waals surface area (Å²) >= 11 is 0. The van der Waals surface area contributed by atoms with Crippen molar-refractivity contribution in [1.29, 1.82) is 0 Å². The number of hydrogen-bond donors (Lipinski definition) is 4. The molecule has 3 rings (SSSR count). The predicted molar refractivity (Wildman–Crippen MR) is 150 cm³/mol. The third kappa shape index (κ3) is 8.36. The molecule has 0 saturated carbocycles. The molecule has 0 spiro atoms. The predicted octanol–water partition coefficient (Wildman–Crippen LogP) is 3.52. The third-order valence-corrected chi connectivity index (χ3v) is 6.56. The van der Waals surface area contributed by atoms with Gasteiger partial charge in [0, 0.05) is 5.56 Å². The largest absolute Gasteiger partial charge is 0.493 e. The number of carboxylic acids is 1. The average Bonchev–Trinajstić information content (AvgIpc) is 2.99. The highest BCUT2D eigenvalue weighted by Crippen LogP contribution is 2.27. The lowest BCUT2D eigenvalue weighted by Gasteiger charge is -2.29. The molecule has 3 amide bonds. The van der Waals surface area contributed by atoms with Crippen LogP contribution in [0.2, 0.25) is 0 Å². The van der Waals surface area contributed by atoms with Gasteiger partial charge in [0.25, 0.3) is 5.91 Å². The zero-order valence-corrected chi connectivity index (χ0v) is 22.9. The Morgan fingerprint density at radius 2 is 1.78 bits per heavy atom. The van der Waals surface area contributed by atoms with Gasteiger partial charge in [-0.1, -0.05) is 49.4 Å². The second-order valence-corrected chi connectivity index (χ2v) is 9.17. The van der Waals surface area contributed by atoms with E-state index in [1.807, 2.05) is 30.3 Å². The minimum absolute atomic E-state index is 0.0186. The molecule has 11 nitrogen and oxygen atoms in total. The molecule has 216 valence electrons. The Morgan fingerprint density at radius 3 is 2.44 bits per heavy atom. The number of carbonyl (C=O) groups is 4. The molecular formula is C30H34N4O7. The summed E-state index contributed by atoms with van der Waals surface area (Å²) in [7, 11) is 0. The molecular weight excluding hydrogens is 528 g/mol. The maximum Gasteiger partial charge on any atom is 0.339 e. The average molecular weight is 563 g/mol. The maximum atomic E-state index is 13.1. The molecule has 2 aromatic carbocycles. The van der Waals surface area contributed by atoms with Crippen LogP contribution in [0.1, 0.15) is 53.1 Å². The molecule has 1 aromatic heterocycles. The molecule has 41 heavy (non-hydrogen) atoms. The second kappa shape index (κ2) is 15.1. The van der Waals surface area contributed by atoms with Crippen molar-refractivity contribution >= 4 is 24.2 Å². The van der Waals surface area contributed by atoms with Crippen LogP contribution < -0.4 is 15.4 Å². The first-order chi connectivity index (χ1) is 19.8. The smallest absolute Gasteiger partial charge is 0.339 e. The topological polar surface area (TPSA) is 158 Å². The summed E-state index contributed by atoms with van der Waals surface area (Å²) in [6.45, 7) is 3.60. The van der Waals surface area contributed by atoms with Gasteiger partial charge in [0.2, 0.25) is 12.3 Å². The monoisotopic (exact) mass is 562 g/mol. The van der Waals surface area contributed by atoms with Crippen molar-refractivity contribution < 1.29 is 34.2 Å². The minimum Gasteiger partial charge on any atom is -0.493 e. The van der Waals surface area contributed by atoms with E-state index in [0.29, 0.717) is 35.6 Å². The van der Waals surface area contributed by atoms with Crippen LogP contribution in [0.3, 0.4) is 0 Å². The number of aryl methyl sites for hydroxylation is 1. The highest BCUT2D eigenvalue weighted by Gasteiger charge is 2.31. The lowest BCUT2D eigenvalue weighted by molar-refractivity contribution is -0.168. The number of aromatic carboxylic acids is 1. The molecule has 0 saturated heterocycles. The molecule has 0 aliphatic heterocycles. The molecule has 11 heteroatoms. The van der Waals surface area contributed by atoms with Crippen LogP contribution in [-0.4, -0.2) is 63.9 Å². The number of hydroxylamine groups is 2. The van der Waals surface area contributed by atoms with Crippen LogP contribution in [0.5, 0.6) is 5.75 Å². The lowest BCUT2D eigenvalue weighted by atomic mass is 9.90.